The van der Waals surface area contributed by atoms with Gasteiger partial charge >= 0.3 is 0 Å². The molecule has 0 N–H and O–H groups in total. The van der Waals surface area contributed by atoms with Crippen LogP contribution in [0.25, 0.3) is 5.52 Å². The zero-order valence-electron chi connectivity index (χ0n) is 8.71. The Morgan fingerprint density at radius 3 is 3.06 bits per heavy atom. The molecule has 0 aliphatic rings. The minimum Gasteiger partial charge on any atom is -0.307 e. The van der Waals surface area contributed by atoms with E-state index in [0.717, 1.165) is 9.35 Å². The van der Waals surface area contributed by atoms with Crippen LogP contribution in [0, 0.1) is 0 Å². The van der Waals surface area contributed by atoms with Gasteiger partial charge in [-0.25, -0.2) is 4.52 Å². The Balaban J connectivity index is 2.06. The molecule has 0 spiro atoms. The lowest BCUT2D eigenvalue weighted by Crippen LogP contribution is -2.21. The molecular weight excluding hydrogens is 302 g/mol. The second-order valence-electron chi connectivity index (χ2n) is 3.62. The molecule has 3 aromatic rings. The van der Waals surface area contributed by atoms with Crippen LogP contribution in [-0.2, 0) is 6.54 Å². The summed E-state index contributed by atoms with van der Waals surface area (Å²) in [4.78, 5) is 13.2. The maximum Gasteiger partial charge on any atom is 0.276 e. The molecule has 0 unspecified atom stereocenters. The summed E-state index contributed by atoms with van der Waals surface area (Å²) >= 11 is 5.04. The van der Waals surface area contributed by atoms with Gasteiger partial charge in [0.2, 0.25) is 0 Å². The van der Waals surface area contributed by atoms with Gasteiger partial charge in [-0.1, -0.05) is 0 Å². The van der Waals surface area contributed by atoms with E-state index in [-0.39, 0.29) is 5.56 Å². The minimum atomic E-state index is -0.0190. The van der Waals surface area contributed by atoms with E-state index in [2.05, 4.69) is 21.0 Å². The molecule has 0 saturated carbocycles. The van der Waals surface area contributed by atoms with E-state index in [1.807, 2.05) is 11.4 Å². The van der Waals surface area contributed by atoms with Crippen molar-refractivity contribution in [2.24, 2.45) is 0 Å². The monoisotopic (exact) mass is 309 g/mol. The number of nitrogens with zero attached hydrogens (tertiary/aromatic N) is 3. The Morgan fingerprint density at radius 2 is 2.29 bits per heavy atom. The van der Waals surface area contributed by atoms with Gasteiger partial charge < -0.3 is 4.57 Å². The van der Waals surface area contributed by atoms with E-state index < -0.39 is 0 Å². The predicted molar refractivity (Wildman–Crippen MR) is 70.6 cm³/mol. The minimum absolute atomic E-state index is 0.0190. The molecule has 17 heavy (non-hydrogen) atoms. The van der Waals surface area contributed by atoms with Gasteiger partial charge in [0, 0.05) is 27.1 Å². The molecule has 0 atom stereocenters. The van der Waals surface area contributed by atoms with Crippen LogP contribution in [0.4, 0.5) is 0 Å². The lowest BCUT2D eigenvalue weighted by molar-refractivity contribution is 0.751. The molecule has 0 saturated heterocycles. The average Bonchev–Trinajstić information content (AvgIpc) is 2.92. The number of aromatic nitrogens is 3. The highest BCUT2D eigenvalue weighted by Gasteiger charge is 2.05. The fraction of sp³-hybridized carbons (Fsp3) is 0.0909. The molecular formula is C11H8BrN3OS. The van der Waals surface area contributed by atoms with Gasteiger partial charge in [0.05, 0.1) is 12.7 Å². The van der Waals surface area contributed by atoms with E-state index in [1.54, 1.807) is 45.1 Å². The standard InChI is InChI=1S/C11H8BrN3OS/c12-8-5-9(17-7-8)6-14-3-4-15-10(11(14)16)1-2-13-15/h1-5,7H,6H2. The lowest BCUT2D eigenvalue weighted by atomic mass is 10.4. The largest absolute Gasteiger partial charge is 0.307 e. The highest BCUT2D eigenvalue weighted by Crippen LogP contribution is 2.20. The van der Waals surface area contributed by atoms with Crippen LogP contribution in [0.1, 0.15) is 4.88 Å². The van der Waals surface area contributed by atoms with Crippen LogP contribution < -0.4 is 5.56 Å². The molecule has 6 heteroatoms. The first-order valence-corrected chi connectivity index (χ1v) is 6.67. The molecule has 0 fully saturated rings. The highest BCUT2D eigenvalue weighted by molar-refractivity contribution is 9.10. The molecule has 4 nitrogen and oxygen atoms in total. The Morgan fingerprint density at radius 1 is 1.41 bits per heavy atom. The fourth-order valence-electron chi connectivity index (χ4n) is 1.69. The number of thiophene rings is 1. The van der Waals surface area contributed by atoms with Crippen molar-refractivity contribution in [3.8, 4) is 0 Å². The van der Waals surface area contributed by atoms with Crippen LogP contribution >= 0.6 is 27.3 Å². The summed E-state index contributed by atoms with van der Waals surface area (Å²) < 4.78 is 4.33. The Labute approximate surface area is 109 Å². The Hall–Kier alpha value is -1.40. The molecule has 86 valence electrons. The summed E-state index contributed by atoms with van der Waals surface area (Å²) in [6.07, 6.45) is 5.18. The van der Waals surface area contributed by atoms with Crippen molar-refractivity contribution in [2.45, 2.75) is 6.54 Å². The maximum atomic E-state index is 12.1. The van der Waals surface area contributed by atoms with E-state index in [4.69, 9.17) is 0 Å². The van der Waals surface area contributed by atoms with Crippen LogP contribution in [0.3, 0.4) is 0 Å². The Kier molecular flexibility index (Phi) is 2.60. The zero-order chi connectivity index (χ0) is 11.8. The fourth-order valence-corrected chi connectivity index (χ4v) is 3.14. The molecule has 3 heterocycles. The van der Waals surface area contributed by atoms with Crippen LogP contribution in [0.5, 0.6) is 0 Å². The summed E-state index contributed by atoms with van der Waals surface area (Å²) in [6.45, 7) is 0.594. The molecule has 0 aliphatic carbocycles. The highest BCUT2D eigenvalue weighted by atomic mass is 79.9. The zero-order valence-corrected chi connectivity index (χ0v) is 11.1. The van der Waals surface area contributed by atoms with Crippen LogP contribution in [0.15, 0.2) is 45.4 Å². The van der Waals surface area contributed by atoms with Crippen LogP contribution in [-0.4, -0.2) is 14.2 Å². The van der Waals surface area contributed by atoms with Crippen molar-refractivity contribution in [1.29, 1.82) is 0 Å². The van der Waals surface area contributed by atoms with E-state index in [9.17, 15) is 4.79 Å². The number of hydrogen-bond acceptors (Lipinski definition) is 3. The number of fused-ring (bicyclic) bond motifs is 1. The predicted octanol–water partition coefficient (Wildman–Crippen LogP) is 2.37. The van der Waals surface area contributed by atoms with Crippen LogP contribution in [0.2, 0.25) is 0 Å². The molecule has 0 amide bonds. The topological polar surface area (TPSA) is 39.3 Å². The smallest absolute Gasteiger partial charge is 0.276 e. The molecule has 0 aliphatic heterocycles. The van der Waals surface area contributed by atoms with Gasteiger partial charge in [0.15, 0.2) is 0 Å². The summed E-state index contributed by atoms with van der Waals surface area (Å²) in [5, 5.41) is 6.04. The second-order valence-corrected chi connectivity index (χ2v) is 5.53. The molecule has 0 aromatic carbocycles. The second kappa shape index (κ2) is 4.12. The summed E-state index contributed by atoms with van der Waals surface area (Å²) in [5.41, 5.74) is 0.581. The third-order valence-corrected chi connectivity index (χ3v) is 4.17. The number of rotatable bonds is 2. The van der Waals surface area contributed by atoms with E-state index >= 15 is 0 Å². The molecule has 0 radical (unpaired) electrons. The first kappa shape index (κ1) is 10.7. The van der Waals surface area contributed by atoms with Crippen molar-refractivity contribution in [3.63, 3.8) is 0 Å². The molecule has 0 bridgehead atoms. The maximum absolute atomic E-state index is 12.1. The lowest BCUT2D eigenvalue weighted by Gasteiger charge is -2.03. The van der Waals surface area contributed by atoms with Crippen molar-refractivity contribution in [1.82, 2.24) is 14.2 Å². The first-order valence-electron chi connectivity index (χ1n) is 5.00. The van der Waals surface area contributed by atoms with Gasteiger partial charge in [-0.15, -0.1) is 11.3 Å². The summed E-state index contributed by atoms with van der Waals surface area (Å²) in [7, 11) is 0. The quantitative estimate of drug-likeness (QED) is 0.729. The molecule has 3 rings (SSSR count). The van der Waals surface area contributed by atoms with Gasteiger partial charge in [0.1, 0.15) is 5.52 Å². The summed E-state index contributed by atoms with van der Waals surface area (Å²) in [5.74, 6) is 0. The average molecular weight is 310 g/mol. The van der Waals surface area contributed by atoms with Gasteiger partial charge in [-0.3, -0.25) is 4.79 Å². The van der Waals surface area contributed by atoms with E-state index in [0.29, 0.717) is 12.1 Å². The molecule has 3 aromatic heterocycles. The van der Waals surface area contributed by atoms with Gasteiger partial charge in [0.25, 0.3) is 5.56 Å². The third kappa shape index (κ3) is 1.94. The normalized spacial score (nSPS) is 11.1. The van der Waals surface area contributed by atoms with Gasteiger partial charge in [-0.2, -0.15) is 5.10 Å². The SMILES string of the molecule is O=c1c2ccnn2ccn1Cc1cc(Br)cs1. The van der Waals surface area contributed by atoms with Gasteiger partial charge in [-0.05, 0) is 28.1 Å². The van der Waals surface area contributed by atoms with Crippen molar-refractivity contribution < 1.29 is 0 Å². The number of halogens is 1. The van der Waals surface area contributed by atoms with Crippen molar-refractivity contribution in [3.05, 3.63) is 55.8 Å². The first-order chi connectivity index (χ1) is 8.24. The Bertz CT molecular complexity index is 727. The third-order valence-electron chi connectivity index (χ3n) is 2.49. The number of hydrogen-bond donors (Lipinski definition) is 0. The van der Waals surface area contributed by atoms with Crippen molar-refractivity contribution in [2.75, 3.05) is 0 Å². The van der Waals surface area contributed by atoms with Crippen molar-refractivity contribution >= 4 is 32.8 Å². The van der Waals surface area contributed by atoms with E-state index in [1.165, 1.54) is 0 Å². The summed E-state index contributed by atoms with van der Waals surface area (Å²) in [6, 6.07) is 3.75.